The van der Waals surface area contributed by atoms with Gasteiger partial charge in [0, 0.05) is 18.7 Å². The first-order valence-electron chi connectivity index (χ1n) is 7.80. The zero-order chi connectivity index (χ0) is 20.0. The van der Waals surface area contributed by atoms with E-state index in [1.54, 1.807) is 0 Å². The van der Waals surface area contributed by atoms with Gasteiger partial charge in [-0.05, 0) is 42.5 Å². The molecule has 0 aliphatic heterocycles. The van der Waals surface area contributed by atoms with Crippen molar-refractivity contribution in [1.29, 1.82) is 0 Å². The van der Waals surface area contributed by atoms with E-state index in [4.69, 9.17) is 16.2 Å². The first kappa shape index (κ1) is 20.1. The molecule has 0 heterocycles. The molecule has 0 radical (unpaired) electrons. The van der Waals surface area contributed by atoms with Crippen LogP contribution in [0.1, 0.15) is 22.3 Å². The molecule has 0 saturated carbocycles. The van der Waals surface area contributed by atoms with Gasteiger partial charge in [0.05, 0.1) is 16.0 Å². The summed E-state index contributed by atoms with van der Waals surface area (Å²) in [5.41, 5.74) is 6.29. The quantitative estimate of drug-likeness (QED) is 0.291. The molecular formula is C17H19N4O5S+. The molecule has 0 atom stereocenters. The van der Waals surface area contributed by atoms with Crippen LogP contribution in [-0.4, -0.2) is 37.8 Å². The maximum absolute atomic E-state index is 12.2. The lowest BCUT2D eigenvalue weighted by atomic mass is 10.2. The second kappa shape index (κ2) is 8.43. The number of aromatic carboxylic acids is 1. The molecule has 0 unspecified atom stereocenters. The number of sulfonamides is 1. The Morgan fingerprint density at radius 1 is 1.07 bits per heavy atom. The minimum Gasteiger partial charge on any atom is -0.478 e. The number of carbonyl (C=O) groups is 2. The summed E-state index contributed by atoms with van der Waals surface area (Å²) < 4.78 is 26.7. The SMILES string of the molecule is NC(=[NH2+])c1ccc(S(=O)(=O)NCCC(=O)Nc2cccc(C(=O)O)c2)cc1. The van der Waals surface area contributed by atoms with Crippen molar-refractivity contribution in [2.75, 3.05) is 11.9 Å². The third-order valence-electron chi connectivity index (χ3n) is 3.54. The van der Waals surface area contributed by atoms with E-state index in [1.165, 1.54) is 48.5 Å². The van der Waals surface area contributed by atoms with Crippen LogP contribution < -0.4 is 21.2 Å². The van der Waals surface area contributed by atoms with Gasteiger partial charge < -0.3 is 10.4 Å². The van der Waals surface area contributed by atoms with Crippen molar-refractivity contribution in [3.63, 3.8) is 0 Å². The molecule has 0 aliphatic rings. The topological polar surface area (TPSA) is 164 Å². The fourth-order valence-electron chi connectivity index (χ4n) is 2.16. The van der Waals surface area contributed by atoms with Gasteiger partial charge in [-0.15, -0.1) is 0 Å². The number of carboxylic acid groups (broad SMARTS) is 1. The number of nitrogens with two attached hydrogens (primary N) is 2. The molecule has 1 amide bonds. The number of carboxylic acids is 1. The third kappa shape index (κ3) is 5.62. The normalized spacial score (nSPS) is 11.0. The van der Waals surface area contributed by atoms with Crippen molar-refractivity contribution >= 4 is 33.4 Å². The van der Waals surface area contributed by atoms with E-state index in [-0.39, 0.29) is 29.3 Å². The van der Waals surface area contributed by atoms with Crippen LogP contribution in [0.25, 0.3) is 0 Å². The molecule has 27 heavy (non-hydrogen) atoms. The summed E-state index contributed by atoms with van der Waals surface area (Å²) in [5, 5.41) is 16.9. The predicted octanol–water partition coefficient (Wildman–Crippen LogP) is -0.844. The smallest absolute Gasteiger partial charge is 0.335 e. The van der Waals surface area contributed by atoms with Gasteiger partial charge in [0.25, 0.3) is 5.84 Å². The molecule has 142 valence electrons. The standard InChI is InChI=1S/C17H18N4O5S/c18-16(19)11-4-6-14(7-5-11)27(25,26)20-9-8-15(22)21-13-3-1-2-12(10-13)17(23)24/h1-7,10,20H,8-9H2,(H3,18,19)(H,21,22)(H,23,24)/p+1. The summed E-state index contributed by atoms with van der Waals surface area (Å²) in [6, 6.07) is 11.4. The first-order chi connectivity index (χ1) is 12.7. The lowest BCUT2D eigenvalue weighted by molar-refractivity contribution is -0.116. The highest BCUT2D eigenvalue weighted by atomic mass is 32.2. The monoisotopic (exact) mass is 391 g/mol. The minimum absolute atomic E-state index is 0.0158. The lowest BCUT2D eigenvalue weighted by Gasteiger charge is -2.08. The average Bonchev–Trinajstić information content (AvgIpc) is 2.61. The number of rotatable bonds is 8. The molecule has 0 saturated heterocycles. The van der Waals surface area contributed by atoms with Gasteiger partial charge in [-0.3, -0.25) is 15.9 Å². The molecule has 7 N–H and O–H groups in total. The maximum atomic E-state index is 12.2. The fraction of sp³-hybridized carbons (Fsp3) is 0.118. The number of amides is 1. The van der Waals surface area contributed by atoms with Crippen molar-refractivity contribution in [3.8, 4) is 0 Å². The van der Waals surface area contributed by atoms with E-state index in [9.17, 15) is 18.0 Å². The van der Waals surface area contributed by atoms with Gasteiger partial charge in [-0.1, -0.05) is 6.07 Å². The summed E-state index contributed by atoms with van der Waals surface area (Å²) in [7, 11) is -3.79. The summed E-state index contributed by atoms with van der Waals surface area (Å²) in [4.78, 5) is 22.8. The number of benzene rings is 2. The predicted molar refractivity (Wildman–Crippen MR) is 98.5 cm³/mol. The zero-order valence-corrected chi connectivity index (χ0v) is 15.0. The summed E-state index contributed by atoms with van der Waals surface area (Å²) in [6.07, 6.45) is -0.127. The van der Waals surface area contributed by atoms with Crippen molar-refractivity contribution in [1.82, 2.24) is 4.72 Å². The van der Waals surface area contributed by atoms with Gasteiger partial charge in [-0.25, -0.2) is 17.9 Å². The Bertz CT molecular complexity index is 971. The Hall–Kier alpha value is -3.24. The Morgan fingerprint density at radius 3 is 2.33 bits per heavy atom. The molecule has 2 aromatic carbocycles. The number of amidine groups is 1. The van der Waals surface area contributed by atoms with E-state index in [0.29, 0.717) is 11.3 Å². The average molecular weight is 391 g/mol. The van der Waals surface area contributed by atoms with E-state index in [0.717, 1.165) is 0 Å². The Labute approximate surface area is 155 Å². The first-order valence-corrected chi connectivity index (χ1v) is 9.28. The van der Waals surface area contributed by atoms with E-state index in [1.807, 2.05) is 0 Å². The van der Waals surface area contributed by atoms with Crippen molar-refractivity contribution in [3.05, 3.63) is 59.7 Å². The number of carbonyl (C=O) groups excluding carboxylic acids is 1. The molecule has 0 fully saturated rings. The fourth-order valence-corrected chi connectivity index (χ4v) is 3.19. The maximum Gasteiger partial charge on any atom is 0.335 e. The summed E-state index contributed by atoms with van der Waals surface area (Å²) in [5.74, 6) is -1.49. The van der Waals surface area contributed by atoms with Crippen LogP contribution in [0.2, 0.25) is 0 Å². The highest BCUT2D eigenvalue weighted by molar-refractivity contribution is 7.89. The van der Waals surface area contributed by atoms with Gasteiger partial charge in [0.2, 0.25) is 15.9 Å². The van der Waals surface area contributed by atoms with Crippen LogP contribution in [0.3, 0.4) is 0 Å². The molecule has 0 bridgehead atoms. The van der Waals surface area contributed by atoms with Gasteiger partial charge in [0.1, 0.15) is 0 Å². The van der Waals surface area contributed by atoms with Crippen LogP contribution in [0, 0.1) is 0 Å². The van der Waals surface area contributed by atoms with Gasteiger partial charge in [-0.2, -0.15) is 0 Å². The van der Waals surface area contributed by atoms with Crippen LogP contribution in [0.5, 0.6) is 0 Å². The second-order valence-corrected chi connectivity index (χ2v) is 7.33. The number of hydrogen-bond donors (Lipinski definition) is 5. The Balaban J connectivity index is 1.90. The minimum atomic E-state index is -3.79. The number of hydrogen-bond acceptors (Lipinski definition) is 4. The van der Waals surface area contributed by atoms with Crippen LogP contribution in [0.4, 0.5) is 5.69 Å². The number of anilines is 1. The summed E-state index contributed by atoms with van der Waals surface area (Å²) >= 11 is 0. The molecule has 0 aromatic heterocycles. The third-order valence-corrected chi connectivity index (χ3v) is 5.01. The lowest BCUT2D eigenvalue weighted by Crippen LogP contribution is -2.46. The highest BCUT2D eigenvalue weighted by Gasteiger charge is 2.15. The van der Waals surface area contributed by atoms with Crippen LogP contribution in [0.15, 0.2) is 53.4 Å². The molecular weight excluding hydrogens is 372 g/mol. The second-order valence-electron chi connectivity index (χ2n) is 5.56. The molecule has 10 heteroatoms. The van der Waals surface area contributed by atoms with E-state index < -0.39 is 21.9 Å². The molecule has 2 aromatic rings. The largest absolute Gasteiger partial charge is 0.478 e. The van der Waals surface area contributed by atoms with Crippen molar-refractivity contribution < 1.29 is 28.5 Å². The number of nitrogens with one attached hydrogen (secondary N) is 2. The Kier molecular flexibility index (Phi) is 6.27. The molecule has 0 spiro atoms. The van der Waals surface area contributed by atoms with E-state index in [2.05, 4.69) is 10.0 Å². The molecule has 0 aliphatic carbocycles. The highest BCUT2D eigenvalue weighted by Crippen LogP contribution is 2.12. The van der Waals surface area contributed by atoms with E-state index >= 15 is 0 Å². The Morgan fingerprint density at radius 2 is 1.74 bits per heavy atom. The van der Waals surface area contributed by atoms with Crippen molar-refractivity contribution in [2.45, 2.75) is 11.3 Å². The summed E-state index contributed by atoms with van der Waals surface area (Å²) in [6.45, 7) is -0.125. The van der Waals surface area contributed by atoms with Crippen LogP contribution in [-0.2, 0) is 14.8 Å². The molecule has 9 nitrogen and oxygen atoms in total. The van der Waals surface area contributed by atoms with Gasteiger partial charge >= 0.3 is 5.97 Å². The molecule has 2 rings (SSSR count). The zero-order valence-electron chi connectivity index (χ0n) is 14.2. The van der Waals surface area contributed by atoms with Crippen molar-refractivity contribution in [2.24, 2.45) is 5.73 Å². The van der Waals surface area contributed by atoms with Crippen LogP contribution >= 0.6 is 0 Å². The van der Waals surface area contributed by atoms with Gasteiger partial charge in [0.15, 0.2) is 0 Å².